The number of carbonyl (C=O) groups is 1. The number of fused-ring (bicyclic) bond motifs is 1. The molecule has 1 unspecified atom stereocenters. The summed E-state index contributed by atoms with van der Waals surface area (Å²) in [5, 5.41) is 20.4. The van der Waals surface area contributed by atoms with E-state index >= 15 is 0 Å². The van der Waals surface area contributed by atoms with Crippen LogP contribution in [0.1, 0.15) is 34.3 Å². The molecule has 1 aliphatic carbocycles. The first-order valence-corrected chi connectivity index (χ1v) is 11.0. The molecule has 5 rings (SSSR count). The first kappa shape index (κ1) is 20.4. The van der Waals surface area contributed by atoms with E-state index in [2.05, 4.69) is 4.90 Å². The van der Waals surface area contributed by atoms with E-state index in [1.807, 2.05) is 35.2 Å². The van der Waals surface area contributed by atoms with Crippen LogP contribution in [0.5, 0.6) is 0 Å². The summed E-state index contributed by atoms with van der Waals surface area (Å²) in [7, 11) is 0. The zero-order chi connectivity index (χ0) is 21.6. The Morgan fingerprint density at radius 3 is 2.35 bits per heavy atom. The molecule has 6 nitrogen and oxygen atoms in total. The van der Waals surface area contributed by atoms with Crippen molar-refractivity contribution in [3.05, 3.63) is 65.0 Å². The second kappa shape index (κ2) is 7.89. The first-order chi connectivity index (χ1) is 14.9. The van der Waals surface area contributed by atoms with Gasteiger partial charge in [0, 0.05) is 50.5 Å². The highest BCUT2D eigenvalue weighted by Crippen LogP contribution is 2.39. The van der Waals surface area contributed by atoms with Crippen molar-refractivity contribution in [3.8, 4) is 0 Å². The van der Waals surface area contributed by atoms with E-state index in [0.717, 1.165) is 24.2 Å². The number of aliphatic hydroxyl groups is 2. The summed E-state index contributed by atoms with van der Waals surface area (Å²) in [6.07, 6.45) is 1.31. The molecule has 2 N–H and O–H groups in total. The van der Waals surface area contributed by atoms with Crippen LogP contribution >= 0.6 is 0 Å². The number of benzene rings is 2. The molecule has 1 saturated heterocycles. The van der Waals surface area contributed by atoms with Gasteiger partial charge in [0.2, 0.25) is 0 Å². The molecule has 2 fully saturated rings. The van der Waals surface area contributed by atoms with Crippen molar-refractivity contribution in [2.75, 3.05) is 37.6 Å². The fraction of sp³-hybridized carbons (Fsp3) is 0.458. The molecule has 1 atom stereocenters. The van der Waals surface area contributed by atoms with Crippen molar-refractivity contribution in [3.63, 3.8) is 0 Å². The molecule has 2 aromatic carbocycles. The number of carbonyl (C=O) groups excluding carboxylic acids is 1. The number of aliphatic hydroxyl groups excluding tert-OH is 1. The molecule has 2 aromatic rings. The van der Waals surface area contributed by atoms with Crippen LogP contribution in [0.25, 0.3) is 0 Å². The molecule has 0 spiro atoms. The van der Waals surface area contributed by atoms with Crippen molar-refractivity contribution in [1.82, 2.24) is 9.80 Å². The van der Waals surface area contributed by atoms with Crippen LogP contribution in [0.3, 0.4) is 0 Å². The van der Waals surface area contributed by atoms with Gasteiger partial charge in [0.15, 0.2) is 0 Å². The molecule has 2 heterocycles. The molecular weight excluding hydrogens is 397 g/mol. The Labute approximate surface area is 181 Å². The summed E-state index contributed by atoms with van der Waals surface area (Å²) >= 11 is 0. The summed E-state index contributed by atoms with van der Waals surface area (Å²) in [4.78, 5) is 18.8. The molecular formula is C24H28FN3O3. The van der Waals surface area contributed by atoms with E-state index in [9.17, 15) is 19.4 Å². The number of halogens is 1. The van der Waals surface area contributed by atoms with Crippen LogP contribution in [0.15, 0.2) is 42.5 Å². The average molecular weight is 426 g/mol. The lowest BCUT2D eigenvalue weighted by atomic mass is 9.99. The van der Waals surface area contributed by atoms with Gasteiger partial charge in [-0.05, 0) is 66.8 Å². The van der Waals surface area contributed by atoms with Gasteiger partial charge in [-0.25, -0.2) is 4.39 Å². The van der Waals surface area contributed by atoms with E-state index in [-0.39, 0.29) is 11.7 Å². The van der Waals surface area contributed by atoms with Gasteiger partial charge in [0.25, 0.3) is 5.91 Å². The number of rotatable bonds is 4. The molecule has 1 saturated carbocycles. The molecule has 0 radical (unpaired) electrons. The Balaban J connectivity index is 1.20. The minimum absolute atomic E-state index is 0.0168. The van der Waals surface area contributed by atoms with Gasteiger partial charge < -0.3 is 20.0 Å². The van der Waals surface area contributed by atoms with Gasteiger partial charge >= 0.3 is 0 Å². The van der Waals surface area contributed by atoms with E-state index in [0.29, 0.717) is 51.1 Å². The third-order valence-electron chi connectivity index (χ3n) is 6.85. The Morgan fingerprint density at radius 2 is 1.68 bits per heavy atom. The largest absolute Gasteiger partial charge is 0.386 e. The number of hydrogen-bond acceptors (Lipinski definition) is 5. The van der Waals surface area contributed by atoms with Gasteiger partial charge in [0.1, 0.15) is 17.6 Å². The van der Waals surface area contributed by atoms with Gasteiger partial charge in [-0.15, -0.1) is 0 Å². The van der Waals surface area contributed by atoms with Crippen LogP contribution in [0.4, 0.5) is 10.1 Å². The van der Waals surface area contributed by atoms with Crippen molar-refractivity contribution in [2.45, 2.75) is 37.6 Å². The smallest absolute Gasteiger partial charge is 0.253 e. The van der Waals surface area contributed by atoms with Gasteiger partial charge in [-0.3, -0.25) is 9.69 Å². The SMILES string of the molecule is O=C(c1ccc(N2CCc3ccc(F)cc3C2)cc1)N1CCN(C(O)C2(O)CC2)CC1. The van der Waals surface area contributed by atoms with Crippen LogP contribution in [0, 0.1) is 5.82 Å². The Morgan fingerprint density at radius 1 is 0.968 bits per heavy atom. The first-order valence-electron chi connectivity index (χ1n) is 11.0. The zero-order valence-electron chi connectivity index (χ0n) is 17.5. The van der Waals surface area contributed by atoms with Crippen LogP contribution in [-0.2, 0) is 13.0 Å². The second-order valence-electron chi connectivity index (χ2n) is 8.94. The van der Waals surface area contributed by atoms with Gasteiger partial charge in [-0.2, -0.15) is 0 Å². The Kier molecular flexibility index (Phi) is 5.20. The molecule has 0 bridgehead atoms. The van der Waals surface area contributed by atoms with Crippen molar-refractivity contribution >= 4 is 11.6 Å². The molecule has 0 aromatic heterocycles. The highest BCUT2D eigenvalue weighted by atomic mass is 19.1. The topological polar surface area (TPSA) is 67.3 Å². The number of amides is 1. The number of nitrogens with zero attached hydrogens (tertiary/aromatic N) is 3. The van der Waals surface area contributed by atoms with Gasteiger partial charge in [0.05, 0.1) is 0 Å². The molecule has 31 heavy (non-hydrogen) atoms. The fourth-order valence-corrected chi connectivity index (χ4v) is 4.64. The lowest BCUT2D eigenvalue weighted by molar-refractivity contribution is -0.108. The fourth-order valence-electron chi connectivity index (χ4n) is 4.64. The summed E-state index contributed by atoms with van der Waals surface area (Å²) in [5.74, 6) is -0.225. The molecule has 1 amide bonds. The molecule has 7 heteroatoms. The molecule has 2 aliphatic heterocycles. The predicted octanol–water partition coefficient (Wildman–Crippen LogP) is 1.99. The lowest BCUT2D eigenvalue weighted by Gasteiger charge is -2.38. The maximum absolute atomic E-state index is 13.6. The maximum atomic E-state index is 13.6. The van der Waals surface area contributed by atoms with Crippen molar-refractivity contribution < 1.29 is 19.4 Å². The van der Waals surface area contributed by atoms with E-state index in [1.54, 1.807) is 11.0 Å². The van der Waals surface area contributed by atoms with Crippen LogP contribution in [-0.4, -0.2) is 70.5 Å². The van der Waals surface area contributed by atoms with Crippen LogP contribution < -0.4 is 4.90 Å². The third-order valence-corrected chi connectivity index (χ3v) is 6.85. The van der Waals surface area contributed by atoms with E-state index < -0.39 is 11.8 Å². The number of hydrogen-bond donors (Lipinski definition) is 2. The normalized spacial score (nSPS) is 21.5. The second-order valence-corrected chi connectivity index (χ2v) is 8.94. The highest BCUT2D eigenvalue weighted by Gasteiger charge is 2.50. The lowest BCUT2D eigenvalue weighted by Crippen LogP contribution is -2.55. The predicted molar refractivity (Wildman–Crippen MR) is 115 cm³/mol. The average Bonchev–Trinajstić information content (AvgIpc) is 3.56. The standard InChI is InChI=1S/C24H28FN3O3/c25-20-4-1-17-7-10-28(16-19(17)15-20)21-5-2-18(3-6-21)22(29)26-11-13-27(14-12-26)23(30)24(31)8-9-24/h1-6,15,23,30-31H,7-14,16H2. The number of anilines is 1. The van der Waals surface area contributed by atoms with Crippen LogP contribution in [0.2, 0.25) is 0 Å². The summed E-state index contributed by atoms with van der Waals surface area (Å²) < 4.78 is 13.6. The Bertz CT molecular complexity index is 969. The molecule has 164 valence electrons. The highest BCUT2D eigenvalue weighted by molar-refractivity contribution is 5.94. The zero-order valence-corrected chi connectivity index (χ0v) is 17.5. The Hall–Kier alpha value is -2.48. The maximum Gasteiger partial charge on any atom is 0.253 e. The van der Waals surface area contributed by atoms with E-state index in [4.69, 9.17) is 0 Å². The van der Waals surface area contributed by atoms with Gasteiger partial charge in [-0.1, -0.05) is 6.07 Å². The monoisotopic (exact) mass is 425 g/mol. The minimum atomic E-state index is -0.956. The van der Waals surface area contributed by atoms with E-state index in [1.165, 1.54) is 11.6 Å². The summed E-state index contributed by atoms with van der Waals surface area (Å²) in [6, 6.07) is 12.6. The quantitative estimate of drug-likeness (QED) is 0.784. The van der Waals surface area contributed by atoms with Crippen molar-refractivity contribution in [1.29, 1.82) is 0 Å². The minimum Gasteiger partial charge on any atom is -0.386 e. The number of piperazine rings is 1. The van der Waals surface area contributed by atoms with Crippen molar-refractivity contribution in [2.24, 2.45) is 0 Å². The third kappa shape index (κ3) is 4.05. The summed E-state index contributed by atoms with van der Waals surface area (Å²) in [5.41, 5.74) is 2.92. The molecule has 3 aliphatic rings. The summed E-state index contributed by atoms with van der Waals surface area (Å²) in [6.45, 7) is 3.69.